The van der Waals surface area contributed by atoms with E-state index in [1.807, 2.05) is 0 Å². The van der Waals surface area contributed by atoms with Crippen molar-refractivity contribution in [1.29, 1.82) is 0 Å². The van der Waals surface area contributed by atoms with Crippen LogP contribution in [0, 0.1) is 0 Å². The van der Waals surface area contributed by atoms with Gasteiger partial charge in [-0.2, -0.15) is 0 Å². The summed E-state index contributed by atoms with van der Waals surface area (Å²) >= 11 is 0. The molecule has 1 saturated carbocycles. The summed E-state index contributed by atoms with van der Waals surface area (Å²) in [7, 11) is 2.20. The van der Waals surface area contributed by atoms with Gasteiger partial charge in [0.05, 0.1) is 5.69 Å². The Kier molecular flexibility index (Phi) is 4.69. The number of rotatable bonds is 2. The molecule has 3 nitrogen and oxygen atoms in total. The van der Waals surface area contributed by atoms with E-state index in [-0.39, 0.29) is 12.4 Å². The Labute approximate surface area is 122 Å². The van der Waals surface area contributed by atoms with Crippen LogP contribution in [0.4, 0.5) is 5.82 Å². The topological polar surface area (TPSA) is 28.2 Å². The van der Waals surface area contributed by atoms with Crippen LogP contribution in [-0.4, -0.2) is 24.6 Å². The molecule has 0 bridgehead atoms. The molecule has 1 aromatic rings. The molecule has 106 valence electrons. The summed E-state index contributed by atoms with van der Waals surface area (Å²) < 4.78 is 0. The first-order valence-electron chi connectivity index (χ1n) is 7.19. The molecule has 2 aliphatic rings. The SMILES string of the molecule is CC1CNCc2ccc(N(C)C3CCCC3)nc21.Cl. The number of anilines is 1. The second-order valence-electron chi connectivity index (χ2n) is 5.79. The minimum Gasteiger partial charge on any atom is -0.357 e. The molecule has 3 rings (SSSR count). The van der Waals surface area contributed by atoms with Crippen LogP contribution in [0.25, 0.3) is 0 Å². The number of hydrogen-bond acceptors (Lipinski definition) is 3. The van der Waals surface area contributed by atoms with E-state index in [9.17, 15) is 0 Å². The molecule has 1 aromatic heterocycles. The monoisotopic (exact) mass is 281 g/mol. The van der Waals surface area contributed by atoms with E-state index in [0.29, 0.717) is 12.0 Å². The third kappa shape index (κ3) is 2.87. The molecule has 4 heteroatoms. The molecule has 1 N–H and O–H groups in total. The van der Waals surface area contributed by atoms with Crippen LogP contribution in [0.2, 0.25) is 0 Å². The van der Waals surface area contributed by atoms with Crippen LogP contribution in [-0.2, 0) is 6.54 Å². The van der Waals surface area contributed by atoms with Crippen molar-refractivity contribution in [1.82, 2.24) is 10.3 Å². The van der Waals surface area contributed by atoms with Gasteiger partial charge in [-0.1, -0.05) is 25.8 Å². The van der Waals surface area contributed by atoms with Crippen molar-refractivity contribution in [3.63, 3.8) is 0 Å². The van der Waals surface area contributed by atoms with Crippen LogP contribution in [0.15, 0.2) is 12.1 Å². The first-order valence-corrected chi connectivity index (χ1v) is 7.19. The van der Waals surface area contributed by atoms with E-state index in [2.05, 4.69) is 36.3 Å². The molecule has 1 unspecified atom stereocenters. The highest BCUT2D eigenvalue weighted by molar-refractivity contribution is 5.85. The van der Waals surface area contributed by atoms with Gasteiger partial charge in [0, 0.05) is 32.1 Å². The standard InChI is InChI=1S/C15H23N3.ClH/c1-11-9-16-10-12-7-8-14(17-15(11)12)18(2)13-5-3-4-6-13;/h7-8,11,13,16H,3-6,9-10H2,1-2H3;1H. The van der Waals surface area contributed by atoms with Crippen molar-refractivity contribution < 1.29 is 0 Å². The van der Waals surface area contributed by atoms with E-state index in [1.165, 1.54) is 36.9 Å². The van der Waals surface area contributed by atoms with Gasteiger partial charge in [0.15, 0.2) is 0 Å². The van der Waals surface area contributed by atoms with Gasteiger partial charge in [0.1, 0.15) is 5.82 Å². The van der Waals surface area contributed by atoms with Crippen molar-refractivity contribution in [2.45, 2.75) is 51.1 Å². The van der Waals surface area contributed by atoms with Gasteiger partial charge in [-0.15, -0.1) is 12.4 Å². The maximum atomic E-state index is 4.92. The smallest absolute Gasteiger partial charge is 0.128 e. The third-order valence-corrected chi connectivity index (χ3v) is 4.46. The van der Waals surface area contributed by atoms with Gasteiger partial charge in [0.25, 0.3) is 0 Å². The number of nitrogens with zero attached hydrogens (tertiary/aromatic N) is 2. The molecule has 19 heavy (non-hydrogen) atoms. The minimum absolute atomic E-state index is 0. The largest absolute Gasteiger partial charge is 0.357 e. The van der Waals surface area contributed by atoms with Gasteiger partial charge in [-0.25, -0.2) is 4.98 Å². The lowest BCUT2D eigenvalue weighted by Gasteiger charge is -2.28. The second kappa shape index (κ2) is 6.10. The minimum atomic E-state index is 0. The predicted molar refractivity (Wildman–Crippen MR) is 82.3 cm³/mol. The van der Waals surface area contributed by atoms with E-state index in [4.69, 9.17) is 4.98 Å². The summed E-state index contributed by atoms with van der Waals surface area (Å²) in [6, 6.07) is 5.15. The van der Waals surface area contributed by atoms with Crippen LogP contribution < -0.4 is 10.2 Å². The Morgan fingerprint density at radius 1 is 1.26 bits per heavy atom. The van der Waals surface area contributed by atoms with E-state index in [1.54, 1.807) is 0 Å². The number of pyridine rings is 1. The molecule has 1 fully saturated rings. The van der Waals surface area contributed by atoms with Crippen molar-refractivity contribution in [3.8, 4) is 0 Å². The average Bonchev–Trinajstić information content (AvgIpc) is 2.92. The lowest BCUT2D eigenvalue weighted by molar-refractivity contribution is 0.554. The molecule has 0 amide bonds. The molecule has 0 saturated heterocycles. The Morgan fingerprint density at radius 2 is 2.00 bits per heavy atom. The van der Waals surface area contributed by atoms with Crippen LogP contribution >= 0.6 is 12.4 Å². The Balaban J connectivity index is 0.00000133. The zero-order chi connectivity index (χ0) is 12.5. The maximum absolute atomic E-state index is 4.92. The quantitative estimate of drug-likeness (QED) is 0.903. The molecule has 2 heterocycles. The van der Waals surface area contributed by atoms with Gasteiger partial charge in [-0.3, -0.25) is 0 Å². The van der Waals surface area contributed by atoms with Gasteiger partial charge < -0.3 is 10.2 Å². The Bertz CT molecular complexity index is 429. The van der Waals surface area contributed by atoms with Crippen molar-refractivity contribution in [2.24, 2.45) is 0 Å². The second-order valence-corrected chi connectivity index (χ2v) is 5.79. The number of fused-ring (bicyclic) bond motifs is 1. The number of aromatic nitrogens is 1. The Hall–Kier alpha value is -0.800. The lowest BCUT2D eigenvalue weighted by atomic mass is 9.98. The number of halogens is 1. The molecular weight excluding hydrogens is 258 g/mol. The van der Waals surface area contributed by atoms with Gasteiger partial charge in [-0.05, 0) is 24.5 Å². The van der Waals surface area contributed by atoms with E-state index < -0.39 is 0 Å². The predicted octanol–water partition coefficient (Wildman–Crippen LogP) is 3.09. The summed E-state index contributed by atoms with van der Waals surface area (Å²) in [5.41, 5.74) is 2.67. The molecule has 0 radical (unpaired) electrons. The molecule has 1 aliphatic carbocycles. The molecule has 0 aromatic carbocycles. The van der Waals surface area contributed by atoms with Gasteiger partial charge >= 0.3 is 0 Å². The lowest BCUT2D eigenvalue weighted by Crippen LogP contribution is -2.32. The Morgan fingerprint density at radius 3 is 2.74 bits per heavy atom. The fraction of sp³-hybridized carbons (Fsp3) is 0.667. The summed E-state index contributed by atoms with van der Waals surface area (Å²) in [6.45, 7) is 4.29. The van der Waals surface area contributed by atoms with Crippen molar-refractivity contribution in [2.75, 3.05) is 18.5 Å². The summed E-state index contributed by atoms with van der Waals surface area (Å²) in [6.07, 6.45) is 5.40. The highest BCUT2D eigenvalue weighted by atomic mass is 35.5. The van der Waals surface area contributed by atoms with Crippen LogP contribution in [0.1, 0.15) is 49.8 Å². The van der Waals surface area contributed by atoms with Crippen molar-refractivity contribution in [3.05, 3.63) is 23.4 Å². The molecular formula is C15H24ClN3. The highest BCUT2D eigenvalue weighted by Gasteiger charge is 2.23. The zero-order valence-electron chi connectivity index (χ0n) is 11.9. The third-order valence-electron chi connectivity index (χ3n) is 4.46. The first kappa shape index (κ1) is 14.6. The number of hydrogen-bond donors (Lipinski definition) is 1. The van der Waals surface area contributed by atoms with E-state index in [0.717, 1.165) is 18.9 Å². The van der Waals surface area contributed by atoms with Crippen LogP contribution in [0.5, 0.6) is 0 Å². The highest BCUT2D eigenvalue weighted by Crippen LogP contribution is 2.29. The fourth-order valence-corrected chi connectivity index (χ4v) is 3.26. The molecule has 1 aliphatic heterocycles. The normalized spacial score (nSPS) is 22.7. The van der Waals surface area contributed by atoms with Crippen LogP contribution in [0.3, 0.4) is 0 Å². The fourth-order valence-electron chi connectivity index (χ4n) is 3.26. The molecule has 1 atom stereocenters. The summed E-state index contributed by atoms with van der Waals surface area (Å²) in [5.74, 6) is 1.69. The van der Waals surface area contributed by atoms with E-state index >= 15 is 0 Å². The van der Waals surface area contributed by atoms with Gasteiger partial charge in [0.2, 0.25) is 0 Å². The molecule has 0 spiro atoms. The maximum Gasteiger partial charge on any atom is 0.128 e. The first-order chi connectivity index (χ1) is 8.75. The zero-order valence-corrected chi connectivity index (χ0v) is 12.7. The summed E-state index contributed by atoms with van der Waals surface area (Å²) in [5, 5.41) is 3.44. The average molecular weight is 282 g/mol. The number of nitrogens with one attached hydrogen (secondary N) is 1. The summed E-state index contributed by atoms with van der Waals surface area (Å²) in [4.78, 5) is 7.32. The van der Waals surface area contributed by atoms with Crippen molar-refractivity contribution >= 4 is 18.2 Å².